The van der Waals surface area contributed by atoms with E-state index in [-0.39, 0.29) is 0 Å². The van der Waals surface area contributed by atoms with E-state index in [0.29, 0.717) is 11.4 Å². The van der Waals surface area contributed by atoms with Gasteiger partial charge in [-0.3, -0.25) is 0 Å². The first-order valence-electron chi connectivity index (χ1n) is 7.20. The molecule has 4 heteroatoms. The van der Waals surface area contributed by atoms with E-state index in [1.165, 1.54) is 38.5 Å². The summed E-state index contributed by atoms with van der Waals surface area (Å²) in [6, 6.07) is 2.23. The normalized spacial score (nSPS) is 16.1. The molecule has 1 aliphatic rings. The van der Waals surface area contributed by atoms with Crippen LogP contribution >= 0.6 is 0 Å². The molecule has 19 heavy (non-hydrogen) atoms. The van der Waals surface area contributed by atoms with Crippen molar-refractivity contribution in [2.45, 2.75) is 52.4 Å². The quantitative estimate of drug-likeness (QED) is 0.899. The molecule has 1 fully saturated rings. The molecule has 0 atom stereocenters. The fourth-order valence-corrected chi connectivity index (χ4v) is 2.74. The Bertz CT molecular complexity index is 470. The average molecular weight is 258 g/mol. The second kappa shape index (κ2) is 6.51. The number of aryl methyl sites for hydroxylation is 1. The highest BCUT2D eigenvalue weighted by Crippen LogP contribution is 2.26. The van der Waals surface area contributed by atoms with Gasteiger partial charge in [-0.1, -0.05) is 32.1 Å². The lowest BCUT2D eigenvalue weighted by atomic mass is 9.87. The lowest BCUT2D eigenvalue weighted by molar-refractivity contribution is 0.345. The third-order valence-electron chi connectivity index (χ3n) is 4.14. The van der Waals surface area contributed by atoms with Crippen LogP contribution in [0.3, 0.4) is 0 Å². The van der Waals surface area contributed by atoms with Gasteiger partial charge in [0.1, 0.15) is 11.6 Å². The summed E-state index contributed by atoms with van der Waals surface area (Å²) in [6.45, 7) is 4.69. The molecule has 4 nitrogen and oxygen atoms in total. The molecule has 1 aromatic rings. The fraction of sp³-hybridized carbons (Fsp3) is 0.667. The first kappa shape index (κ1) is 13.8. The largest absolute Gasteiger partial charge is 0.367 e. The number of anilines is 1. The van der Waals surface area contributed by atoms with E-state index in [1.807, 2.05) is 13.8 Å². The summed E-state index contributed by atoms with van der Waals surface area (Å²) in [6.07, 6.45) is 8.01. The Hall–Kier alpha value is -1.63. The Morgan fingerprint density at radius 2 is 1.95 bits per heavy atom. The molecule has 1 N–H and O–H groups in total. The van der Waals surface area contributed by atoms with Crippen LogP contribution < -0.4 is 5.32 Å². The first-order valence-corrected chi connectivity index (χ1v) is 7.20. The van der Waals surface area contributed by atoms with Gasteiger partial charge in [0.25, 0.3) is 0 Å². The molecular weight excluding hydrogens is 236 g/mol. The maximum absolute atomic E-state index is 9.21. The van der Waals surface area contributed by atoms with Crippen molar-refractivity contribution >= 4 is 5.82 Å². The van der Waals surface area contributed by atoms with Gasteiger partial charge in [0.05, 0.1) is 5.69 Å². The second-order valence-corrected chi connectivity index (χ2v) is 5.47. The van der Waals surface area contributed by atoms with Crippen LogP contribution in [-0.4, -0.2) is 16.7 Å². The maximum atomic E-state index is 9.21. The van der Waals surface area contributed by atoms with Crippen LogP contribution in [0.25, 0.3) is 0 Å². The standard InChI is InChI=1S/C15H22N4/c1-11-12(2)18-19-15(14(11)10-16)17-9-8-13-6-4-3-5-7-13/h13H,3-9H2,1-2H3,(H,17,19). The maximum Gasteiger partial charge on any atom is 0.166 e. The highest BCUT2D eigenvalue weighted by Gasteiger charge is 2.14. The number of nitriles is 1. The minimum absolute atomic E-state index is 0.635. The Morgan fingerprint density at radius 3 is 2.63 bits per heavy atom. The van der Waals surface area contributed by atoms with E-state index in [0.717, 1.165) is 23.7 Å². The fourth-order valence-electron chi connectivity index (χ4n) is 2.74. The van der Waals surface area contributed by atoms with E-state index in [2.05, 4.69) is 21.6 Å². The first-order chi connectivity index (χ1) is 9.22. The Balaban J connectivity index is 1.92. The molecular formula is C15H22N4. The predicted octanol–water partition coefficient (Wildman–Crippen LogP) is 3.35. The summed E-state index contributed by atoms with van der Waals surface area (Å²) in [5, 5.41) is 20.7. The average Bonchev–Trinajstić information content (AvgIpc) is 2.44. The van der Waals surface area contributed by atoms with Gasteiger partial charge in [-0.2, -0.15) is 10.4 Å². The zero-order valence-electron chi connectivity index (χ0n) is 11.9. The van der Waals surface area contributed by atoms with Gasteiger partial charge in [0, 0.05) is 6.54 Å². The molecule has 0 spiro atoms. The number of nitrogens with one attached hydrogen (secondary N) is 1. The Labute approximate surface area is 115 Å². The van der Waals surface area contributed by atoms with Crippen molar-refractivity contribution < 1.29 is 0 Å². The van der Waals surface area contributed by atoms with E-state index in [1.54, 1.807) is 0 Å². The van der Waals surface area contributed by atoms with Crippen molar-refractivity contribution in [3.63, 3.8) is 0 Å². The van der Waals surface area contributed by atoms with Crippen molar-refractivity contribution in [1.82, 2.24) is 10.2 Å². The number of aromatic nitrogens is 2. The molecule has 0 unspecified atom stereocenters. The predicted molar refractivity (Wildman–Crippen MR) is 75.9 cm³/mol. The number of hydrogen-bond acceptors (Lipinski definition) is 4. The van der Waals surface area contributed by atoms with Crippen LogP contribution in [0.5, 0.6) is 0 Å². The SMILES string of the molecule is Cc1nnc(NCCC2CCCCC2)c(C#N)c1C. The Kier molecular flexibility index (Phi) is 4.73. The minimum atomic E-state index is 0.635. The van der Waals surface area contributed by atoms with Crippen LogP contribution in [-0.2, 0) is 0 Å². The van der Waals surface area contributed by atoms with Crippen molar-refractivity contribution in [2.24, 2.45) is 5.92 Å². The Morgan fingerprint density at radius 1 is 1.21 bits per heavy atom. The molecule has 2 rings (SSSR count). The van der Waals surface area contributed by atoms with Crippen molar-refractivity contribution in [3.8, 4) is 6.07 Å². The van der Waals surface area contributed by atoms with Crippen molar-refractivity contribution in [2.75, 3.05) is 11.9 Å². The van der Waals surface area contributed by atoms with E-state index in [4.69, 9.17) is 0 Å². The summed E-state index contributed by atoms with van der Waals surface area (Å²) < 4.78 is 0. The van der Waals surface area contributed by atoms with Crippen LogP contribution in [0.1, 0.15) is 55.3 Å². The molecule has 0 aromatic carbocycles. The second-order valence-electron chi connectivity index (χ2n) is 5.47. The lowest BCUT2D eigenvalue weighted by Crippen LogP contribution is -2.14. The monoisotopic (exact) mass is 258 g/mol. The van der Waals surface area contributed by atoms with Gasteiger partial charge in [-0.15, -0.1) is 5.10 Å². The van der Waals surface area contributed by atoms with Gasteiger partial charge < -0.3 is 5.32 Å². The van der Waals surface area contributed by atoms with Crippen molar-refractivity contribution in [3.05, 3.63) is 16.8 Å². The minimum Gasteiger partial charge on any atom is -0.367 e. The summed E-state index contributed by atoms with van der Waals surface area (Å²) in [5.41, 5.74) is 2.39. The zero-order chi connectivity index (χ0) is 13.7. The lowest BCUT2D eigenvalue weighted by Gasteiger charge is -2.21. The van der Waals surface area contributed by atoms with Gasteiger partial charge in [-0.25, -0.2) is 0 Å². The number of nitrogens with zero attached hydrogens (tertiary/aromatic N) is 3. The van der Waals surface area contributed by atoms with Crippen LogP contribution in [0, 0.1) is 31.1 Å². The molecule has 0 amide bonds. The molecule has 1 aromatic heterocycles. The number of hydrogen-bond donors (Lipinski definition) is 1. The summed E-state index contributed by atoms with van der Waals surface area (Å²) in [7, 11) is 0. The van der Waals surface area contributed by atoms with E-state index < -0.39 is 0 Å². The molecule has 1 heterocycles. The third-order valence-corrected chi connectivity index (χ3v) is 4.14. The van der Waals surface area contributed by atoms with Gasteiger partial charge in [-0.05, 0) is 31.7 Å². The topological polar surface area (TPSA) is 61.6 Å². The molecule has 102 valence electrons. The smallest absolute Gasteiger partial charge is 0.166 e. The summed E-state index contributed by atoms with van der Waals surface area (Å²) >= 11 is 0. The van der Waals surface area contributed by atoms with Crippen LogP contribution in [0.2, 0.25) is 0 Å². The molecule has 0 radical (unpaired) electrons. The highest BCUT2D eigenvalue weighted by atomic mass is 15.2. The van der Waals surface area contributed by atoms with Gasteiger partial charge >= 0.3 is 0 Å². The molecule has 0 saturated heterocycles. The molecule has 1 saturated carbocycles. The van der Waals surface area contributed by atoms with Gasteiger partial charge in [0.2, 0.25) is 0 Å². The summed E-state index contributed by atoms with van der Waals surface area (Å²) in [5.74, 6) is 1.48. The molecule has 1 aliphatic carbocycles. The van der Waals surface area contributed by atoms with Crippen molar-refractivity contribution in [1.29, 1.82) is 5.26 Å². The number of rotatable bonds is 4. The van der Waals surface area contributed by atoms with E-state index in [9.17, 15) is 5.26 Å². The van der Waals surface area contributed by atoms with Gasteiger partial charge in [0.15, 0.2) is 5.82 Å². The van der Waals surface area contributed by atoms with Crippen LogP contribution in [0.15, 0.2) is 0 Å². The zero-order valence-corrected chi connectivity index (χ0v) is 11.9. The van der Waals surface area contributed by atoms with E-state index >= 15 is 0 Å². The molecule has 0 aliphatic heterocycles. The van der Waals surface area contributed by atoms with Crippen LogP contribution in [0.4, 0.5) is 5.82 Å². The molecule has 0 bridgehead atoms. The highest BCUT2D eigenvalue weighted by molar-refractivity contribution is 5.55. The summed E-state index contributed by atoms with van der Waals surface area (Å²) in [4.78, 5) is 0. The third kappa shape index (κ3) is 3.44.